The predicted octanol–water partition coefficient (Wildman–Crippen LogP) is 4.49. The van der Waals surface area contributed by atoms with E-state index in [-0.39, 0.29) is 43.7 Å². The largest absolute Gasteiger partial charge is 0.405 e. The molecule has 6 rings (SSSR count). The number of ketones is 4. The number of H-pyrrole nitrogens is 1. The minimum absolute atomic E-state index is 0.0322. The van der Waals surface area contributed by atoms with E-state index in [0.29, 0.717) is 25.1 Å². The first-order valence-electron chi connectivity index (χ1n) is 16.3. The average molecular weight is 648 g/mol. The first kappa shape index (κ1) is 32.9. The Bertz CT molecular complexity index is 1540. The fourth-order valence-corrected chi connectivity index (χ4v) is 11.8. The molecule has 0 spiro atoms. The second-order valence-electron chi connectivity index (χ2n) is 16.8. The van der Waals surface area contributed by atoms with E-state index in [1.165, 1.54) is 0 Å². The molecule has 46 heavy (non-hydrogen) atoms. The molecule has 5 aliphatic rings. The number of aromatic amines is 1. The van der Waals surface area contributed by atoms with E-state index in [0.717, 1.165) is 0 Å². The fourth-order valence-electron chi connectivity index (χ4n) is 11.8. The van der Waals surface area contributed by atoms with Crippen LogP contribution in [-0.2, 0) is 29.4 Å². The smallest absolute Gasteiger partial charge is 0.346 e. The lowest BCUT2D eigenvalue weighted by molar-refractivity contribution is -0.243. The topological polar surface area (TPSA) is 152 Å². The van der Waals surface area contributed by atoms with E-state index in [1.807, 2.05) is 27.7 Å². The van der Waals surface area contributed by atoms with E-state index in [9.17, 15) is 37.1 Å². The van der Waals surface area contributed by atoms with Crippen LogP contribution in [-0.4, -0.2) is 62.4 Å². The maximum atomic E-state index is 14.8. The molecule has 1 amide bonds. The van der Waals surface area contributed by atoms with Crippen LogP contribution in [0.1, 0.15) is 106 Å². The number of aromatic nitrogens is 4. The van der Waals surface area contributed by atoms with Gasteiger partial charge in [-0.05, 0) is 60.7 Å². The van der Waals surface area contributed by atoms with E-state index in [1.54, 1.807) is 20.8 Å². The van der Waals surface area contributed by atoms with Crippen molar-refractivity contribution in [2.24, 2.45) is 50.2 Å². The first-order valence-corrected chi connectivity index (χ1v) is 16.3. The van der Waals surface area contributed by atoms with Crippen LogP contribution < -0.4 is 5.32 Å². The molecule has 0 unspecified atom stereocenters. The highest BCUT2D eigenvalue weighted by Crippen LogP contribution is 2.78. The number of carbonyl (C=O) groups excluding carboxylic acids is 5. The third kappa shape index (κ3) is 3.82. The quantitative estimate of drug-likeness (QED) is 0.456. The van der Waals surface area contributed by atoms with Crippen molar-refractivity contribution >= 4 is 29.0 Å². The lowest BCUT2D eigenvalue weighted by Crippen LogP contribution is -2.77. The minimum Gasteiger partial charge on any atom is -0.346 e. The molecule has 0 bridgehead atoms. The van der Waals surface area contributed by atoms with Crippen LogP contribution in [0.5, 0.6) is 0 Å². The molecule has 252 valence electrons. The molecule has 0 aliphatic heterocycles. The van der Waals surface area contributed by atoms with Gasteiger partial charge in [-0.2, -0.15) is 18.4 Å². The highest BCUT2D eigenvalue weighted by Gasteiger charge is 2.80. The SMILES string of the molecule is CC1(C)C[C@H]2[C@H]3C(=O)C(=O)[C@H]4[C@@]5(C)CCC(=O)C(C)(C)[C@@]5(C(=O)NCC(F)(F)F)CC[C@@]4(C)[C@]3(C)CC[C@]2(c2nn[nH]n2)CC1=O. The van der Waals surface area contributed by atoms with Gasteiger partial charge in [0, 0.05) is 40.9 Å². The molecule has 1 heterocycles. The van der Waals surface area contributed by atoms with Crippen LogP contribution in [0.4, 0.5) is 13.2 Å². The number of rotatable bonds is 3. The Labute approximate surface area is 266 Å². The summed E-state index contributed by atoms with van der Waals surface area (Å²) in [6.45, 7) is 11.2. The van der Waals surface area contributed by atoms with Crippen molar-refractivity contribution < 1.29 is 37.1 Å². The molecular weight excluding hydrogens is 603 g/mol. The molecule has 5 aliphatic carbocycles. The van der Waals surface area contributed by atoms with Crippen LogP contribution in [0.25, 0.3) is 0 Å². The normalized spacial score (nSPS) is 43.2. The molecule has 10 nitrogen and oxygen atoms in total. The number of hydrogen-bond donors (Lipinski definition) is 2. The van der Waals surface area contributed by atoms with Crippen LogP contribution in [0.2, 0.25) is 0 Å². The zero-order valence-electron chi connectivity index (χ0n) is 27.6. The summed E-state index contributed by atoms with van der Waals surface area (Å²) in [5, 5.41) is 17.0. The van der Waals surface area contributed by atoms with Gasteiger partial charge in [0.1, 0.15) is 18.1 Å². The number of Topliss-reactive ketones (excluding diaryl/α,β-unsaturated/α-hetero) is 4. The van der Waals surface area contributed by atoms with Crippen LogP contribution >= 0.6 is 0 Å². The second kappa shape index (κ2) is 9.55. The Hall–Kier alpha value is -2.99. The van der Waals surface area contributed by atoms with Crippen molar-refractivity contribution in [3.05, 3.63) is 5.82 Å². The van der Waals surface area contributed by atoms with Gasteiger partial charge in [0.2, 0.25) is 17.5 Å². The van der Waals surface area contributed by atoms with Gasteiger partial charge in [-0.1, -0.05) is 53.7 Å². The van der Waals surface area contributed by atoms with Crippen LogP contribution in [0, 0.1) is 50.2 Å². The maximum Gasteiger partial charge on any atom is 0.405 e. The Morgan fingerprint density at radius 2 is 1.52 bits per heavy atom. The van der Waals surface area contributed by atoms with Gasteiger partial charge in [0.25, 0.3) is 0 Å². The van der Waals surface area contributed by atoms with Gasteiger partial charge in [0.15, 0.2) is 5.82 Å². The summed E-state index contributed by atoms with van der Waals surface area (Å²) in [6, 6.07) is 0. The van der Waals surface area contributed by atoms with E-state index in [2.05, 4.69) is 25.9 Å². The molecule has 1 aromatic heterocycles. The summed E-state index contributed by atoms with van der Waals surface area (Å²) in [5.41, 5.74) is -7.55. The summed E-state index contributed by atoms with van der Waals surface area (Å²) >= 11 is 0. The van der Waals surface area contributed by atoms with Crippen LogP contribution in [0.15, 0.2) is 0 Å². The van der Waals surface area contributed by atoms with Crippen molar-refractivity contribution in [2.45, 2.75) is 111 Å². The number of halogens is 3. The highest BCUT2D eigenvalue weighted by molar-refractivity contribution is 6.40. The second-order valence-corrected chi connectivity index (χ2v) is 16.8. The molecule has 13 heteroatoms. The van der Waals surface area contributed by atoms with Crippen molar-refractivity contribution in [1.29, 1.82) is 0 Å². The lowest BCUT2D eigenvalue weighted by atomic mass is 9.28. The number of alkyl halides is 3. The van der Waals surface area contributed by atoms with Gasteiger partial charge in [-0.15, -0.1) is 10.2 Å². The molecule has 0 radical (unpaired) electrons. The molecule has 1 aromatic rings. The van der Waals surface area contributed by atoms with E-state index in [4.69, 9.17) is 0 Å². The number of nitrogens with zero attached hydrogens (tertiary/aromatic N) is 3. The van der Waals surface area contributed by atoms with Gasteiger partial charge in [0.05, 0.1) is 5.41 Å². The summed E-state index contributed by atoms with van der Waals surface area (Å²) in [4.78, 5) is 70.7. The molecule has 0 aromatic carbocycles. The van der Waals surface area contributed by atoms with Gasteiger partial charge in [-0.25, -0.2) is 0 Å². The third-order valence-corrected chi connectivity index (χ3v) is 14.5. The fraction of sp³-hybridized carbons (Fsp3) is 0.818. The number of fused-ring (bicyclic) bond motifs is 7. The number of carbonyl (C=O) groups is 5. The number of hydrogen-bond acceptors (Lipinski definition) is 8. The zero-order chi connectivity index (χ0) is 34.1. The van der Waals surface area contributed by atoms with Crippen molar-refractivity contribution in [1.82, 2.24) is 25.9 Å². The Morgan fingerprint density at radius 3 is 2.13 bits per heavy atom. The first-order chi connectivity index (χ1) is 21.1. The predicted molar refractivity (Wildman–Crippen MR) is 157 cm³/mol. The highest BCUT2D eigenvalue weighted by atomic mass is 19.4. The van der Waals surface area contributed by atoms with E-state index >= 15 is 0 Å². The number of amides is 1. The lowest BCUT2D eigenvalue weighted by Gasteiger charge is -2.73. The van der Waals surface area contributed by atoms with Crippen LogP contribution in [0.3, 0.4) is 0 Å². The Kier molecular flexibility index (Phi) is 6.84. The maximum absolute atomic E-state index is 14.8. The molecule has 5 fully saturated rings. The standard InChI is InChI=1S/C33H44F3N5O5/c1-26(2)14-17-20-21(44)22(45)23-29(6,28(20,5)10-12-31(17,15-19(26)43)24-38-40-41-39-24)11-13-32(25(46)37-16-33(34,35)36)27(3,4)18(42)8-9-30(23,32)7/h17,20,23H,8-16H2,1-7H3,(H,37,46)(H,38,39,40,41)/t17-,20-,23+,28+,29+,30+,31-,32-/m0/s1. The summed E-state index contributed by atoms with van der Waals surface area (Å²) in [6.07, 6.45) is -2.75. The number of tetrazole rings is 1. The Balaban J connectivity index is 1.51. The third-order valence-electron chi connectivity index (χ3n) is 14.5. The minimum atomic E-state index is -4.67. The zero-order valence-corrected chi connectivity index (χ0v) is 27.6. The van der Waals surface area contributed by atoms with Crippen molar-refractivity contribution in [3.8, 4) is 0 Å². The molecule has 5 saturated carbocycles. The van der Waals surface area contributed by atoms with E-state index < -0.39 is 85.9 Å². The van der Waals surface area contributed by atoms with Crippen molar-refractivity contribution in [2.75, 3.05) is 6.54 Å². The summed E-state index contributed by atoms with van der Waals surface area (Å²) < 4.78 is 40.1. The van der Waals surface area contributed by atoms with Crippen molar-refractivity contribution in [3.63, 3.8) is 0 Å². The Morgan fingerprint density at radius 1 is 0.870 bits per heavy atom. The molecular formula is C33H44F3N5O5. The monoisotopic (exact) mass is 647 g/mol. The number of nitrogens with one attached hydrogen (secondary N) is 2. The summed E-state index contributed by atoms with van der Waals surface area (Å²) in [7, 11) is 0. The molecule has 2 N–H and O–H groups in total. The van der Waals surface area contributed by atoms with Gasteiger partial charge in [-0.3, -0.25) is 24.0 Å². The molecule has 8 atom stereocenters. The molecule has 0 saturated heterocycles. The van der Waals surface area contributed by atoms with Gasteiger partial charge < -0.3 is 5.32 Å². The van der Waals surface area contributed by atoms with Gasteiger partial charge >= 0.3 is 6.18 Å². The average Bonchev–Trinajstić information content (AvgIpc) is 3.49. The summed E-state index contributed by atoms with van der Waals surface area (Å²) in [5.74, 6) is -4.16.